The second kappa shape index (κ2) is 6.31. The van der Waals surface area contributed by atoms with E-state index in [1.165, 1.54) is 24.2 Å². The van der Waals surface area contributed by atoms with Gasteiger partial charge in [-0.25, -0.2) is 10.8 Å². The lowest BCUT2D eigenvalue weighted by atomic mass is 10.1. The molecule has 2 heterocycles. The van der Waals surface area contributed by atoms with Crippen molar-refractivity contribution in [3.05, 3.63) is 10.6 Å². The van der Waals surface area contributed by atoms with Gasteiger partial charge in [-0.1, -0.05) is 11.3 Å². The van der Waals surface area contributed by atoms with Crippen molar-refractivity contribution in [1.29, 1.82) is 0 Å². The van der Waals surface area contributed by atoms with Crippen molar-refractivity contribution in [2.45, 2.75) is 38.8 Å². The van der Waals surface area contributed by atoms with Crippen LogP contribution in [0, 0.1) is 0 Å². The predicted octanol–water partition coefficient (Wildman–Crippen LogP) is 1.27. The van der Waals surface area contributed by atoms with E-state index in [1.54, 1.807) is 7.11 Å². The number of nitrogens with zero attached hydrogens (tertiary/aromatic N) is 2. The standard InChI is InChI=1S/C12H20N4O2S/c1-8-5-3-4-6-16(8)12-14-9(7-18-2)10(19-12)11(17)15-13/h8H,3-7,13H2,1-2H3,(H,15,17). The first-order valence-electron chi connectivity index (χ1n) is 6.43. The summed E-state index contributed by atoms with van der Waals surface area (Å²) < 4.78 is 5.10. The molecule has 0 aliphatic carbocycles. The lowest BCUT2D eigenvalue weighted by molar-refractivity contribution is 0.0952. The van der Waals surface area contributed by atoms with Crippen LogP contribution in [0.2, 0.25) is 0 Å². The average molecular weight is 284 g/mol. The topological polar surface area (TPSA) is 80.5 Å². The van der Waals surface area contributed by atoms with E-state index < -0.39 is 0 Å². The molecule has 19 heavy (non-hydrogen) atoms. The first-order valence-corrected chi connectivity index (χ1v) is 7.25. The monoisotopic (exact) mass is 284 g/mol. The Kier molecular flexibility index (Phi) is 4.73. The van der Waals surface area contributed by atoms with Gasteiger partial charge in [-0.15, -0.1) is 0 Å². The first kappa shape index (κ1) is 14.2. The van der Waals surface area contributed by atoms with Crippen LogP contribution in [0.15, 0.2) is 0 Å². The van der Waals surface area contributed by atoms with Crippen LogP contribution in [0.25, 0.3) is 0 Å². The molecule has 0 radical (unpaired) electrons. The molecular formula is C12H20N4O2S. The minimum Gasteiger partial charge on any atom is -0.378 e. The van der Waals surface area contributed by atoms with Crippen LogP contribution in [0.5, 0.6) is 0 Å². The van der Waals surface area contributed by atoms with Gasteiger partial charge in [-0.2, -0.15) is 0 Å². The third kappa shape index (κ3) is 3.05. The van der Waals surface area contributed by atoms with Gasteiger partial charge in [-0.3, -0.25) is 10.2 Å². The minimum atomic E-state index is -0.305. The normalized spacial score (nSPS) is 19.5. The van der Waals surface area contributed by atoms with E-state index >= 15 is 0 Å². The van der Waals surface area contributed by atoms with Gasteiger partial charge >= 0.3 is 0 Å². The van der Waals surface area contributed by atoms with Crippen molar-refractivity contribution in [1.82, 2.24) is 10.4 Å². The smallest absolute Gasteiger partial charge is 0.277 e. The summed E-state index contributed by atoms with van der Waals surface area (Å²) in [5.41, 5.74) is 2.82. The number of anilines is 1. The Balaban J connectivity index is 2.28. The summed E-state index contributed by atoms with van der Waals surface area (Å²) in [6.07, 6.45) is 3.59. The Labute approximate surface area is 116 Å². The van der Waals surface area contributed by atoms with E-state index in [9.17, 15) is 4.79 Å². The van der Waals surface area contributed by atoms with Crippen LogP contribution in [0.4, 0.5) is 5.13 Å². The number of rotatable bonds is 4. The van der Waals surface area contributed by atoms with Crippen LogP contribution in [0.3, 0.4) is 0 Å². The number of carbonyl (C=O) groups excluding carboxylic acids is 1. The van der Waals surface area contributed by atoms with Crippen LogP contribution in [-0.2, 0) is 11.3 Å². The number of nitrogens with one attached hydrogen (secondary N) is 1. The van der Waals surface area contributed by atoms with Gasteiger partial charge in [0.15, 0.2) is 5.13 Å². The number of nitrogens with two attached hydrogens (primary N) is 1. The number of aromatic nitrogens is 1. The lowest BCUT2D eigenvalue weighted by Crippen LogP contribution is -2.37. The van der Waals surface area contributed by atoms with Gasteiger partial charge < -0.3 is 9.64 Å². The molecule has 2 rings (SSSR count). The van der Waals surface area contributed by atoms with Crippen LogP contribution in [-0.4, -0.2) is 30.6 Å². The van der Waals surface area contributed by atoms with Crippen molar-refractivity contribution >= 4 is 22.4 Å². The number of methoxy groups -OCH3 is 1. The number of hydrogen-bond acceptors (Lipinski definition) is 6. The Hall–Kier alpha value is -1.18. The number of amides is 1. The predicted molar refractivity (Wildman–Crippen MR) is 75.1 cm³/mol. The maximum absolute atomic E-state index is 11.7. The maximum Gasteiger partial charge on any atom is 0.277 e. The lowest BCUT2D eigenvalue weighted by Gasteiger charge is -2.33. The van der Waals surface area contributed by atoms with Crippen molar-refractivity contribution in [2.75, 3.05) is 18.6 Å². The van der Waals surface area contributed by atoms with Gasteiger partial charge in [0.1, 0.15) is 4.88 Å². The molecule has 0 spiro atoms. The fourth-order valence-electron chi connectivity index (χ4n) is 2.32. The molecule has 3 N–H and O–H groups in total. The zero-order chi connectivity index (χ0) is 13.8. The van der Waals surface area contributed by atoms with Crippen LogP contribution >= 0.6 is 11.3 Å². The Bertz CT molecular complexity index is 449. The Morgan fingerprint density at radius 3 is 3.05 bits per heavy atom. The zero-order valence-electron chi connectivity index (χ0n) is 11.3. The minimum absolute atomic E-state index is 0.305. The average Bonchev–Trinajstić information content (AvgIpc) is 2.83. The number of thiazole rings is 1. The summed E-state index contributed by atoms with van der Waals surface area (Å²) in [4.78, 5) is 19.1. The molecule has 0 bridgehead atoms. The number of carbonyl (C=O) groups is 1. The largest absolute Gasteiger partial charge is 0.378 e. The second-order valence-electron chi connectivity index (χ2n) is 4.72. The van der Waals surface area contributed by atoms with Crippen molar-refractivity contribution in [3.8, 4) is 0 Å². The highest BCUT2D eigenvalue weighted by molar-refractivity contribution is 7.17. The third-order valence-corrected chi connectivity index (χ3v) is 4.49. The molecule has 1 aliphatic heterocycles. The zero-order valence-corrected chi connectivity index (χ0v) is 12.1. The molecule has 1 saturated heterocycles. The first-order chi connectivity index (χ1) is 9.17. The van der Waals surface area contributed by atoms with Gasteiger partial charge in [-0.05, 0) is 26.2 Å². The highest BCUT2D eigenvalue weighted by Crippen LogP contribution is 2.31. The SMILES string of the molecule is COCc1nc(N2CCCCC2C)sc1C(=O)NN. The number of piperidine rings is 1. The summed E-state index contributed by atoms with van der Waals surface area (Å²) in [5, 5.41) is 0.887. The summed E-state index contributed by atoms with van der Waals surface area (Å²) >= 11 is 1.39. The van der Waals surface area contributed by atoms with Crippen molar-refractivity contribution in [2.24, 2.45) is 5.84 Å². The molecule has 106 valence electrons. The fourth-order valence-corrected chi connectivity index (χ4v) is 3.42. The Morgan fingerprint density at radius 1 is 1.63 bits per heavy atom. The number of nitrogen functional groups attached to an aromatic ring is 1. The van der Waals surface area contributed by atoms with Gasteiger partial charge in [0, 0.05) is 19.7 Å². The highest BCUT2D eigenvalue weighted by atomic mass is 32.1. The van der Waals surface area contributed by atoms with E-state index in [4.69, 9.17) is 10.6 Å². The molecular weight excluding hydrogens is 264 g/mol. The van der Waals surface area contributed by atoms with Crippen molar-refractivity contribution in [3.63, 3.8) is 0 Å². The number of hydrazine groups is 1. The fraction of sp³-hybridized carbons (Fsp3) is 0.667. The number of hydrogen-bond donors (Lipinski definition) is 2. The summed E-state index contributed by atoms with van der Waals surface area (Å²) in [6.45, 7) is 3.51. The molecule has 6 nitrogen and oxygen atoms in total. The quantitative estimate of drug-likeness (QED) is 0.494. The van der Waals surface area contributed by atoms with E-state index in [-0.39, 0.29) is 5.91 Å². The van der Waals surface area contributed by atoms with E-state index in [0.29, 0.717) is 23.2 Å². The second-order valence-corrected chi connectivity index (χ2v) is 5.69. The Morgan fingerprint density at radius 2 is 2.42 bits per heavy atom. The summed E-state index contributed by atoms with van der Waals surface area (Å²) in [6, 6.07) is 0.462. The molecule has 1 amide bonds. The van der Waals surface area contributed by atoms with Gasteiger partial charge in [0.2, 0.25) is 0 Å². The van der Waals surface area contributed by atoms with Crippen LogP contribution < -0.4 is 16.2 Å². The summed E-state index contributed by atoms with van der Waals surface area (Å²) in [7, 11) is 1.59. The molecule has 1 atom stereocenters. The van der Waals surface area contributed by atoms with Crippen LogP contribution in [0.1, 0.15) is 41.6 Å². The molecule has 0 aromatic carbocycles. The van der Waals surface area contributed by atoms with Crippen molar-refractivity contribution < 1.29 is 9.53 Å². The van der Waals surface area contributed by atoms with E-state index in [0.717, 1.165) is 18.1 Å². The number of ether oxygens (including phenoxy) is 1. The summed E-state index contributed by atoms with van der Waals surface area (Å²) in [5.74, 6) is 4.90. The van der Waals surface area contributed by atoms with E-state index in [1.807, 2.05) is 0 Å². The molecule has 7 heteroatoms. The van der Waals surface area contributed by atoms with Gasteiger partial charge in [0.25, 0.3) is 5.91 Å². The molecule has 0 saturated carbocycles. The third-order valence-electron chi connectivity index (χ3n) is 3.35. The van der Waals surface area contributed by atoms with E-state index in [2.05, 4.69) is 22.2 Å². The highest BCUT2D eigenvalue weighted by Gasteiger charge is 2.25. The molecule has 1 aromatic heterocycles. The molecule has 1 aliphatic rings. The van der Waals surface area contributed by atoms with Gasteiger partial charge in [0.05, 0.1) is 12.3 Å². The molecule has 1 fully saturated rings. The molecule has 1 unspecified atom stereocenters. The maximum atomic E-state index is 11.7. The molecule has 1 aromatic rings.